The summed E-state index contributed by atoms with van der Waals surface area (Å²) in [7, 11) is 0. The summed E-state index contributed by atoms with van der Waals surface area (Å²) >= 11 is 0. The van der Waals surface area contributed by atoms with Crippen molar-refractivity contribution in [3.63, 3.8) is 0 Å². The summed E-state index contributed by atoms with van der Waals surface area (Å²) in [6.07, 6.45) is -2.67. The minimum atomic E-state index is -4.50. The van der Waals surface area contributed by atoms with Crippen LogP contribution in [0.3, 0.4) is 0 Å². The van der Waals surface area contributed by atoms with Crippen molar-refractivity contribution >= 4 is 5.91 Å². The maximum Gasteiger partial charge on any atom is 0.416 e. The Morgan fingerprint density at radius 1 is 1.36 bits per heavy atom. The van der Waals surface area contributed by atoms with Crippen LogP contribution in [0.4, 0.5) is 13.2 Å². The number of aryl methyl sites for hydroxylation is 1. The number of aromatic nitrogens is 2. The molecule has 1 aromatic heterocycles. The smallest absolute Gasteiger partial charge is 0.351 e. The van der Waals surface area contributed by atoms with Crippen LogP contribution in [0, 0.1) is 12.8 Å². The van der Waals surface area contributed by atoms with Gasteiger partial charge in [0.1, 0.15) is 0 Å². The third-order valence-electron chi connectivity index (χ3n) is 4.74. The number of halogens is 3. The van der Waals surface area contributed by atoms with Gasteiger partial charge in [0, 0.05) is 18.3 Å². The van der Waals surface area contributed by atoms with Crippen molar-refractivity contribution in [1.29, 1.82) is 0 Å². The van der Waals surface area contributed by atoms with Gasteiger partial charge in [-0.25, -0.2) is 4.68 Å². The number of hydrogen-bond donors (Lipinski definition) is 2. The molecule has 1 unspecified atom stereocenters. The van der Waals surface area contributed by atoms with Gasteiger partial charge < -0.3 is 10.6 Å². The molecular weight excluding hydrogens is 373 g/mol. The highest BCUT2D eigenvalue weighted by atomic mass is 19.4. The van der Waals surface area contributed by atoms with Crippen LogP contribution < -0.4 is 16.1 Å². The molecule has 28 heavy (non-hydrogen) atoms. The fourth-order valence-electron chi connectivity index (χ4n) is 3.21. The zero-order valence-corrected chi connectivity index (χ0v) is 15.3. The Hall–Kier alpha value is -2.68. The molecule has 0 radical (unpaired) electrons. The van der Waals surface area contributed by atoms with Crippen LogP contribution in [0.15, 0.2) is 35.1 Å². The summed E-state index contributed by atoms with van der Waals surface area (Å²) in [5.41, 5.74) is -1.29. The van der Waals surface area contributed by atoms with E-state index in [9.17, 15) is 22.8 Å². The van der Waals surface area contributed by atoms with E-state index in [0.29, 0.717) is 18.2 Å². The molecule has 2 N–H and O–H groups in total. The van der Waals surface area contributed by atoms with E-state index in [-0.39, 0.29) is 11.4 Å². The highest BCUT2D eigenvalue weighted by molar-refractivity contribution is 5.92. The molecule has 9 heteroatoms. The Bertz CT molecular complexity index is 918. The molecular formula is C19H21F3N4O2. The lowest BCUT2D eigenvalue weighted by Crippen LogP contribution is -2.33. The van der Waals surface area contributed by atoms with Gasteiger partial charge in [-0.2, -0.15) is 18.3 Å². The lowest BCUT2D eigenvalue weighted by molar-refractivity contribution is -0.137. The molecule has 0 saturated carbocycles. The number of nitrogens with zero attached hydrogens (tertiary/aromatic N) is 2. The second-order valence-electron chi connectivity index (χ2n) is 6.86. The maximum atomic E-state index is 13.0. The van der Waals surface area contributed by atoms with Crippen molar-refractivity contribution < 1.29 is 18.0 Å². The SMILES string of the molecule is Cc1cc(=O)c(C(=O)NCCC2CCNC2)nn1-c1cccc(C(F)(F)F)c1. The van der Waals surface area contributed by atoms with Crippen LogP contribution in [0.1, 0.15) is 34.6 Å². The van der Waals surface area contributed by atoms with Crippen molar-refractivity contribution in [2.75, 3.05) is 19.6 Å². The second kappa shape index (κ2) is 8.14. The summed E-state index contributed by atoms with van der Waals surface area (Å²) in [6, 6.07) is 5.77. The Morgan fingerprint density at radius 2 is 2.14 bits per heavy atom. The summed E-state index contributed by atoms with van der Waals surface area (Å²) in [6.45, 7) is 3.81. The van der Waals surface area contributed by atoms with E-state index in [1.165, 1.54) is 22.9 Å². The predicted octanol–water partition coefficient (Wildman–Crippen LogP) is 2.29. The van der Waals surface area contributed by atoms with Gasteiger partial charge in [0.2, 0.25) is 5.43 Å². The first-order valence-electron chi connectivity index (χ1n) is 9.03. The molecule has 1 fully saturated rings. The maximum absolute atomic E-state index is 13.0. The van der Waals surface area contributed by atoms with Crippen molar-refractivity contribution in [2.45, 2.75) is 25.9 Å². The molecule has 1 atom stereocenters. The summed E-state index contributed by atoms with van der Waals surface area (Å²) in [5, 5.41) is 9.95. The first-order chi connectivity index (χ1) is 13.3. The lowest BCUT2D eigenvalue weighted by atomic mass is 10.1. The summed E-state index contributed by atoms with van der Waals surface area (Å²) in [4.78, 5) is 24.6. The van der Waals surface area contributed by atoms with Crippen LogP contribution in [-0.4, -0.2) is 35.3 Å². The number of alkyl halides is 3. The molecule has 1 aliphatic rings. The van der Waals surface area contributed by atoms with Crippen LogP contribution >= 0.6 is 0 Å². The highest BCUT2D eigenvalue weighted by Gasteiger charge is 2.30. The number of hydrogen-bond acceptors (Lipinski definition) is 4. The van der Waals surface area contributed by atoms with Gasteiger partial charge in [-0.1, -0.05) is 6.07 Å². The first kappa shape index (κ1) is 20.1. The first-order valence-corrected chi connectivity index (χ1v) is 9.03. The molecule has 1 amide bonds. The fourth-order valence-corrected chi connectivity index (χ4v) is 3.21. The third-order valence-corrected chi connectivity index (χ3v) is 4.74. The molecule has 1 saturated heterocycles. The van der Waals surface area contributed by atoms with Gasteiger partial charge in [0.05, 0.1) is 11.3 Å². The number of rotatable bonds is 5. The molecule has 0 bridgehead atoms. The summed E-state index contributed by atoms with van der Waals surface area (Å²) in [5.74, 6) is -0.148. The molecule has 0 spiro atoms. The van der Waals surface area contributed by atoms with E-state index in [2.05, 4.69) is 15.7 Å². The Morgan fingerprint density at radius 3 is 2.82 bits per heavy atom. The van der Waals surface area contributed by atoms with Gasteiger partial charge in [-0.05, 0) is 57.0 Å². The number of nitrogens with one attached hydrogen (secondary N) is 2. The second-order valence-corrected chi connectivity index (χ2v) is 6.86. The molecule has 150 valence electrons. The molecule has 2 heterocycles. The van der Waals surface area contributed by atoms with E-state index < -0.39 is 23.1 Å². The number of amides is 1. The zero-order chi connectivity index (χ0) is 20.3. The van der Waals surface area contributed by atoms with E-state index in [1.54, 1.807) is 6.92 Å². The largest absolute Gasteiger partial charge is 0.416 e. The van der Waals surface area contributed by atoms with E-state index in [0.717, 1.165) is 38.1 Å². The standard InChI is InChI=1S/C19H21F3N4O2/c1-12-9-16(27)17(18(28)24-8-6-13-5-7-23-11-13)25-26(12)15-4-2-3-14(10-15)19(20,21)22/h2-4,9-10,13,23H,5-8,11H2,1H3,(H,24,28). The average molecular weight is 394 g/mol. The third kappa shape index (κ3) is 4.59. The van der Waals surface area contributed by atoms with E-state index >= 15 is 0 Å². The fraction of sp³-hybridized carbons (Fsp3) is 0.421. The Balaban J connectivity index is 1.82. The van der Waals surface area contributed by atoms with Crippen LogP contribution in [-0.2, 0) is 6.18 Å². The molecule has 3 rings (SSSR count). The number of benzene rings is 1. The normalized spacial score (nSPS) is 16.9. The monoisotopic (exact) mass is 394 g/mol. The van der Waals surface area contributed by atoms with E-state index in [1.807, 2.05) is 0 Å². The Labute approximate surface area is 159 Å². The lowest BCUT2D eigenvalue weighted by Gasteiger charge is -2.14. The van der Waals surface area contributed by atoms with Crippen LogP contribution in [0.2, 0.25) is 0 Å². The van der Waals surface area contributed by atoms with Gasteiger partial charge >= 0.3 is 6.18 Å². The average Bonchev–Trinajstić information content (AvgIpc) is 3.14. The van der Waals surface area contributed by atoms with Crippen LogP contribution in [0.25, 0.3) is 5.69 Å². The van der Waals surface area contributed by atoms with E-state index in [4.69, 9.17) is 0 Å². The van der Waals surface area contributed by atoms with Crippen molar-refractivity contribution in [3.05, 3.63) is 57.5 Å². The molecule has 1 aliphatic heterocycles. The highest BCUT2D eigenvalue weighted by Crippen LogP contribution is 2.30. The minimum Gasteiger partial charge on any atom is -0.351 e. The molecule has 1 aromatic carbocycles. The van der Waals surface area contributed by atoms with Gasteiger partial charge in [-0.3, -0.25) is 9.59 Å². The zero-order valence-electron chi connectivity index (χ0n) is 15.3. The van der Waals surface area contributed by atoms with Crippen LogP contribution in [0.5, 0.6) is 0 Å². The molecule has 0 aliphatic carbocycles. The van der Waals surface area contributed by atoms with Gasteiger partial charge in [-0.15, -0.1) is 0 Å². The molecule has 6 nitrogen and oxygen atoms in total. The number of carbonyl (C=O) groups is 1. The molecule has 2 aromatic rings. The van der Waals surface area contributed by atoms with Crippen molar-refractivity contribution in [2.24, 2.45) is 5.92 Å². The summed E-state index contributed by atoms with van der Waals surface area (Å²) < 4.78 is 40.1. The Kier molecular flexibility index (Phi) is 5.83. The quantitative estimate of drug-likeness (QED) is 0.816. The minimum absolute atomic E-state index is 0.124. The van der Waals surface area contributed by atoms with Crippen molar-refractivity contribution in [3.8, 4) is 5.69 Å². The topological polar surface area (TPSA) is 76.0 Å². The van der Waals surface area contributed by atoms with Gasteiger partial charge in [0.25, 0.3) is 5.91 Å². The predicted molar refractivity (Wildman–Crippen MR) is 97.5 cm³/mol. The van der Waals surface area contributed by atoms with Gasteiger partial charge in [0.15, 0.2) is 5.69 Å². The van der Waals surface area contributed by atoms with Crippen molar-refractivity contribution in [1.82, 2.24) is 20.4 Å². The number of carbonyl (C=O) groups excluding carboxylic acids is 1.